The zero-order valence-corrected chi connectivity index (χ0v) is 19.2. The lowest BCUT2D eigenvalue weighted by molar-refractivity contribution is -0.168. The molecule has 158 valence electrons. The Morgan fingerprint density at radius 1 is 1.07 bits per heavy atom. The van der Waals surface area contributed by atoms with Gasteiger partial charge in [0, 0.05) is 30.4 Å². The molecule has 1 N–H and O–H groups in total. The molecule has 0 heterocycles. The summed E-state index contributed by atoms with van der Waals surface area (Å²) >= 11 is 3.53. The van der Waals surface area contributed by atoms with Crippen LogP contribution in [0.1, 0.15) is 68.2 Å². The topological polar surface area (TPSA) is 72.8 Å². The molecular weight excluding hydrogens is 436 g/mol. The van der Waals surface area contributed by atoms with Crippen molar-refractivity contribution in [2.45, 2.75) is 65.2 Å². The van der Waals surface area contributed by atoms with Crippen molar-refractivity contribution < 1.29 is 24.2 Å². The SMILES string of the molecule is CCCCC#Cc1c(CCCC)c(Br)c(O)c2c1CC(C(=O)OC)(C(=O)OC)C2. The Labute approximate surface area is 181 Å². The normalized spacial score (nSPS) is 14.0. The molecule has 5 nitrogen and oxygen atoms in total. The minimum Gasteiger partial charge on any atom is -0.506 e. The standard InChI is InChI=1S/C23H29BrO5/c1-5-7-9-10-12-15-16(11-8-6-2)19(24)20(25)18-14-23(13-17(15)18,21(26)28-3)22(27)29-4/h25H,5-9,11,13-14H2,1-4H3. The first-order chi connectivity index (χ1) is 13.9. The van der Waals surface area contributed by atoms with Crippen molar-refractivity contribution in [3.8, 4) is 17.6 Å². The summed E-state index contributed by atoms with van der Waals surface area (Å²) in [6.45, 7) is 4.22. The van der Waals surface area contributed by atoms with Crippen molar-refractivity contribution >= 4 is 27.9 Å². The highest BCUT2D eigenvalue weighted by atomic mass is 79.9. The number of halogens is 1. The van der Waals surface area contributed by atoms with E-state index in [-0.39, 0.29) is 18.6 Å². The molecule has 0 fully saturated rings. The van der Waals surface area contributed by atoms with Crippen molar-refractivity contribution in [1.82, 2.24) is 0 Å². The fraction of sp³-hybridized carbons (Fsp3) is 0.565. The van der Waals surface area contributed by atoms with Crippen LogP contribution in [0.2, 0.25) is 0 Å². The highest BCUT2D eigenvalue weighted by Gasteiger charge is 2.54. The van der Waals surface area contributed by atoms with Crippen LogP contribution in [0, 0.1) is 17.3 Å². The summed E-state index contributed by atoms with van der Waals surface area (Å²) in [7, 11) is 2.51. The van der Waals surface area contributed by atoms with Crippen molar-refractivity contribution in [2.24, 2.45) is 5.41 Å². The lowest BCUT2D eigenvalue weighted by Gasteiger charge is -2.22. The Morgan fingerprint density at radius 3 is 2.21 bits per heavy atom. The molecule has 0 amide bonds. The molecule has 0 radical (unpaired) electrons. The van der Waals surface area contributed by atoms with E-state index in [4.69, 9.17) is 9.47 Å². The van der Waals surface area contributed by atoms with E-state index in [1.165, 1.54) is 14.2 Å². The second-order valence-electron chi connectivity index (χ2n) is 7.40. The number of phenolic OH excluding ortho intramolecular Hbond substituents is 1. The molecule has 0 spiro atoms. The predicted octanol–water partition coefficient (Wildman–Crippen LogP) is 4.47. The number of rotatable bonds is 7. The lowest BCUT2D eigenvalue weighted by Crippen LogP contribution is -2.42. The average Bonchev–Trinajstić information content (AvgIpc) is 3.14. The Morgan fingerprint density at radius 2 is 1.66 bits per heavy atom. The highest BCUT2D eigenvalue weighted by Crippen LogP contribution is 2.48. The van der Waals surface area contributed by atoms with Crippen LogP contribution in [0.3, 0.4) is 0 Å². The average molecular weight is 465 g/mol. The first-order valence-corrected chi connectivity index (χ1v) is 10.9. The molecule has 2 rings (SSSR count). The molecule has 1 aliphatic carbocycles. The quantitative estimate of drug-likeness (QED) is 0.279. The van der Waals surface area contributed by atoms with Gasteiger partial charge in [0.05, 0.1) is 18.7 Å². The smallest absolute Gasteiger partial charge is 0.323 e. The zero-order valence-electron chi connectivity index (χ0n) is 17.6. The minimum atomic E-state index is -1.49. The Kier molecular flexibility index (Phi) is 8.15. The van der Waals surface area contributed by atoms with Gasteiger partial charge in [-0.3, -0.25) is 9.59 Å². The van der Waals surface area contributed by atoms with Crippen LogP contribution in [-0.4, -0.2) is 31.3 Å². The van der Waals surface area contributed by atoms with Gasteiger partial charge >= 0.3 is 11.9 Å². The summed E-state index contributed by atoms with van der Waals surface area (Å²) < 4.78 is 10.5. The van der Waals surface area contributed by atoms with Crippen molar-refractivity contribution in [3.63, 3.8) is 0 Å². The number of carbonyl (C=O) groups is 2. The van der Waals surface area contributed by atoms with Gasteiger partial charge in [0.25, 0.3) is 0 Å². The van der Waals surface area contributed by atoms with Gasteiger partial charge in [0.2, 0.25) is 0 Å². The minimum absolute atomic E-state index is 0.0316. The number of hydrogen-bond acceptors (Lipinski definition) is 5. The second-order valence-corrected chi connectivity index (χ2v) is 8.19. The second kappa shape index (κ2) is 10.2. The number of unbranched alkanes of at least 4 members (excludes halogenated alkanes) is 3. The van der Waals surface area contributed by atoms with Gasteiger partial charge in [-0.15, -0.1) is 0 Å². The maximum absolute atomic E-state index is 12.6. The molecule has 29 heavy (non-hydrogen) atoms. The van der Waals surface area contributed by atoms with Crippen molar-refractivity contribution in [3.05, 3.63) is 26.7 Å². The molecule has 1 aromatic carbocycles. The number of hydrogen-bond donors (Lipinski definition) is 1. The number of phenols is 1. The van der Waals surface area contributed by atoms with Crippen LogP contribution < -0.4 is 0 Å². The maximum atomic E-state index is 12.6. The third kappa shape index (κ3) is 4.45. The number of ether oxygens (including phenoxy) is 2. The number of fused-ring (bicyclic) bond motifs is 1. The van der Waals surface area contributed by atoms with E-state index in [1.54, 1.807) is 0 Å². The van der Waals surface area contributed by atoms with E-state index in [2.05, 4.69) is 41.6 Å². The summed E-state index contributed by atoms with van der Waals surface area (Å²) in [5.74, 6) is 5.26. The molecule has 0 saturated carbocycles. The molecule has 1 aromatic rings. The van der Waals surface area contributed by atoms with Crippen LogP contribution in [0.25, 0.3) is 0 Å². The monoisotopic (exact) mass is 464 g/mol. The van der Waals surface area contributed by atoms with E-state index >= 15 is 0 Å². The summed E-state index contributed by atoms with van der Waals surface area (Å²) in [6, 6.07) is 0. The first kappa shape index (κ1) is 23.3. The summed E-state index contributed by atoms with van der Waals surface area (Å²) in [5, 5.41) is 10.9. The summed E-state index contributed by atoms with van der Waals surface area (Å²) in [4.78, 5) is 25.2. The fourth-order valence-corrected chi connectivity index (χ4v) is 4.47. The van der Waals surface area contributed by atoms with Gasteiger partial charge < -0.3 is 14.6 Å². The zero-order chi connectivity index (χ0) is 21.6. The van der Waals surface area contributed by atoms with Gasteiger partial charge in [0.1, 0.15) is 5.75 Å². The van der Waals surface area contributed by atoms with Gasteiger partial charge in [-0.2, -0.15) is 0 Å². The largest absolute Gasteiger partial charge is 0.506 e. The van der Waals surface area contributed by atoms with Crippen molar-refractivity contribution in [1.29, 1.82) is 0 Å². The van der Waals surface area contributed by atoms with Crippen LogP contribution in [0.5, 0.6) is 5.75 Å². The Hall–Kier alpha value is -2.00. The molecular formula is C23H29BrO5. The number of benzene rings is 1. The molecule has 6 heteroatoms. The van der Waals surface area contributed by atoms with E-state index in [1.807, 2.05) is 0 Å². The molecule has 0 saturated heterocycles. The molecule has 0 bridgehead atoms. The molecule has 0 aromatic heterocycles. The van der Waals surface area contributed by atoms with Crippen LogP contribution >= 0.6 is 15.9 Å². The van der Waals surface area contributed by atoms with Gasteiger partial charge in [-0.05, 0) is 46.3 Å². The van der Waals surface area contributed by atoms with Gasteiger partial charge in [-0.25, -0.2) is 0 Å². The predicted molar refractivity (Wildman–Crippen MR) is 115 cm³/mol. The number of aromatic hydroxyl groups is 1. The highest BCUT2D eigenvalue weighted by molar-refractivity contribution is 9.10. The number of esters is 2. The fourth-order valence-electron chi connectivity index (χ4n) is 3.83. The van der Waals surface area contributed by atoms with Crippen molar-refractivity contribution in [2.75, 3.05) is 14.2 Å². The van der Waals surface area contributed by atoms with E-state index in [9.17, 15) is 14.7 Å². The van der Waals surface area contributed by atoms with E-state index < -0.39 is 17.4 Å². The first-order valence-electron chi connectivity index (χ1n) is 10.1. The summed E-state index contributed by atoms with van der Waals surface area (Å²) in [6.07, 6.45) is 5.68. The number of methoxy groups -OCH3 is 2. The molecule has 0 unspecified atom stereocenters. The van der Waals surface area contributed by atoms with Crippen LogP contribution in [-0.2, 0) is 38.3 Å². The third-order valence-electron chi connectivity index (χ3n) is 5.48. The van der Waals surface area contributed by atoms with E-state index in [0.717, 1.165) is 55.2 Å². The number of carbonyl (C=O) groups excluding carboxylic acids is 2. The molecule has 0 atom stereocenters. The summed E-state index contributed by atoms with van der Waals surface area (Å²) in [5.41, 5.74) is 1.55. The Balaban J connectivity index is 2.68. The van der Waals surface area contributed by atoms with Crippen LogP contribution in [0.4, 0.5) is 0 Å². The van der Waals surface area contributed by atoms with E-state index in [0.29, 0.717) is 10.0 Å². The van der Waals surface area contributed by atoms with Gasteiger partial charge in [0.15, 0.2) is 5.41 Å². The molecule has 0 aliphatic heterocycles. The Bertz CT molecular complexity index is 831. The lowest BCUT2D eigenvalue weighted by atomic mass is 9.84. The third-order valence-corrected chi connectivity index (χ3v) is 6.34. The van der Waals surface area contributed by atoms with Gasteiger partial charge in [-0.1, -0.05) is 38.5 Å². The molecule has 1 aliphatic rings. The maximum Gasteiger partial charge on any atom is 0.323 e. The van der Waals surface area contributed by atoms with Crippen LogP contribution in [0.15, 0.2) is 4.47 Å².